The van der Waals surface area contributed by atoms with E-state index < -0.39 is 0 Å². The van der Waals surface area contributed by atoms with Gasteiger partial charge in [0, 0.05) is 19.0 Å². The Morgan fingerprint density at radius 2 is 1.79 bits per heavy atom. The van der Waals surface area contributed by atoms with E-state index in [1.165, 1.54) is 17.7 Å². The minimum atomic E-state index is -0.361. The van der Waals surface area contributed by atoms with Crippen LogP contribution in [0.2, 0.25) is 0 Å². The standard InChI is InChI=1S/C32H31FN2O4/c1-21(2)32(37)35-17-16-23-10-13-26(18-28(23)30(35)24-6-4-3-5-7-24)38-20-27-14-15-29(39-27)31(36)34-19-22-8-11-25(33)12-9-22/h3-15,18,21,30H,16-17,19-20H2,1-2H3,(H,34,36). The van der Waals surface area contributed by atoms with E-state index in [1.54, 1.807) is 24.3 Å². The molecule has 0 spiro atoms. The molecule has 1 N–H and O–H groups in total. The van der Waals surface area contributed by atoms with Crippen LogP contribution in [0.1, 0.15) is 58.5 Å². The van der Waals surface area contributed by atoms with Crippen molar-refractivity contribution in [2.45, 2.75) is 39.5 Å². The minimum absolute atomic E-state index is 0.0989. The number of hydrogen-bond acceptors (Lipinski definition) is 4. The van der Waals surface area contributed by atoms with Crippen LogP contribution in [0, 0.1) is 11.7 Å². The van der Waals surface area contributed by atoms with E-state index in [-0.39, 0.29) is 48.5 Å². The molecule has 1 aliphatic rings. The SMILES string of the molecule is CC(C)C(=O)N1CCc2ccc(OCc3ccc(C(=O)NCc4ccc(F)cc4)o3)cc2C1c1ccccc1. The van der Waals surface area contributed by atoms with Gasteiger partial charge in [-0.3, -0.25) is 9.59 Å². The fourth-order valence-corrected chi connectivity index (χ4v) is 4.85. The highest BCUT2D eigenvalue weighted by molar-refractivity contribution is 5.91. The lowest BCUT2D eigenvalue weighted by Crippen LogP contribution is -2.42. The summed E-state index contributed by atoms with van der Waals surface area (Å²) >= 11 is 0. The second-order valence-electron chi connectivity index (χ2n) is 9.97. The molecule has 0 aliphatic carbocycles. The van der Waals surface area contributed by atoms with Gasteiger partial charge in [-0.25, -0.2) is 4.39 Å². The average Bonchev–Trinajstić information content (AvgIpc) is 3.44. The van der Waals surface area contributed by atoms with Crippen LogP contribution >= 0.6 is 0 Å². The summed E-state index contributed by atoms with van der Waals surface area (Å²) in [6.07, 6.45) is 0.784. The molecule has 1 aliphatic heterocycles. The van der Waals surface area contributed by atoms with Gasteiger partial charge in [0.25, 0.3) is 5.91 Å². The van der Waals surface area contributed by atoms with Crippen LogP contribution in [0.5, 0.6) is 5.75 Å². The van der Waals surface area contributed by atoms with E-state index in [0.717, 1.165) is 23.1 Å². The number of nitrogens with zero attached hydrogens (tertiary/aromatic N) is 1. The van der Waals surface area contributed by atoms with Crippen molar-refractivity contribution in [2.24, 2.45) is 5.92 Å². The molecule has 3 aromatic carbocycles. The van der Waals surface area contributed by atoms with E-state index in [1.807, 2.05) is 49.1 Å². The molecule has 2 amide bonds. The first kappa shape index (κ1) is 26.2. The van der Waals surface area contributed by atoms with E-state index in [0.29, 0.717) is 18.1 Å². The topological polar surface area (TPSA) is 71.8 Å². The molecule has 0 fully saturated rings. The molecule has 1 atom stereocenters. The van der Waals surface area contributed by atoms with Crippen molar-refractivity contribution in [2.75, 3.05) is 6.54 Å². The Hall–Kier alpha value is -4.39. The summed E-state index contributed by atoms with van der Waals surface area (Å²) in [7, 11) is 0. The lowest BCUT2D eigenvalue weighted by Gasteiger charge is -2.39. The average molecular weight is 527 g/mol. The Balaban J connectivity index is 1.28. The van der Waals surface area contributed by atoms with Crippen molar-refractivity contribution in [3.05, 3.63) is 125 Å². The first-order valence-corrected chi connectivity index (χ1v) is 13.1. The molecule has 5 rings (SSSR count). The lowest BCUT2D eigenvalue weighted by molar-refractivity contribution is -0.136. The van der Waals surface area contributed by atoms with Crippen molar-refractivity contribution in [1.82, 2.24) is 10.2 Å². The van der Waals surface area contributed by atoms with Gasteiger partial charge in [-0.05, 0) is 65.1 Å². The van der Waals surface area contributed by atoms with Crippen molar-refractivity contribution < 1.29 is 23.1 Å². The van der Waals surface area contributed by atoms with Crippen molar-refractivity contribution in [1.29, 1.82) is 0 Å². The van der Waals surface area contributed by atoms with Gasteiger partial charge in [0.1, 0.15) is 23.9 Å². The van der Waals surface area contributed by atoms with E-state index in [9.17, 15) is 14.0 Å². The fraction of sp³-hybridized carbons (Fsp3) is 0.250. The molecule has 6 nitrogen and oxygen atoms in total. The maximum atomic E-state index is 13.1. The first-order valence-electron chi connectivity index (χ1n) is 13.1. The minimum Gasteiger partial charge on any atom is -0.486 e. The number of ether oxygens (including phenoxy) is 1. The van der Waals surface area contributed by atoms with Crippen LogP contribution in [0.25, 0.3) is 0 Å². The highest BCUT2D eigenvalue weighted by atomic mass is 19.1. The van der Waals surface area contributed by atoms with E-state index in [2.05, 4.69) is 23.5 Å². The van der Waals surface area contributed by atoms with Crippen LogP contribution in [0.15, 0.2) is 89.3 Å². The predicted octanol–water partition coefficient (Wildman–Crippen LogP) is 6.06. The highest BCUT2D eigenvalue weighted by Crippen LogP contribution is 2.38. The molecule has 0 saturated carbocycles. The molecule has 1 unspecified atom stereocenters. The maximum Gasteiger partial charge on any atom is 0.287 e. The van der Waals surface area contributed by atoms with Gasteiger partial charge in [0.2, 0.25) is 5.91 Å². The number of amides is 2. The third-order valence-corrected chi connectivity index (χ3v) is 6.87. The Bertz CT molecular complexity index is 1450. The summed E-state index contributed by atoms with van der Waals surface area (Å²) in [5.41, 5.74) is 4.10. The van der Waals surface area contributed by atoms with Gasteiger partial charge >= 0.3 is 0 Å². The van der Waals surface area contributed by atoms with Gasteiger partial charge in [0.05, 0.1) is 6.04 Å². The Kier molecular flexibility index (Phi) is 7.77. The number of nitrogens with one attached hydrogen (secondary N) is 1. The summed E-state index contributed by atoms with van der Waals surface area (Å²) in [4.78, 5) is 27.6. The second-order valence-corrected chi connectivity index (χ2v) is 9.97. The lowest BCUT2D eigenvalue weighted by atomic mass is 9.87. The largest absolute Gasteiger partial charge is 0.486 e. The van der Waals surface area contributed by atoms with Crippen LogP contribution in [-0.4, -0.2) is 23.3 Å². The Labute approximate surface area is 227 Å². The molecule has 0 bridgehead atoms. The fourth-order valence-electron chi connectivity index (χ4n) is 4.85. The van der Waals surface area contributed by atoms with Crippen LogP contribution in [0.4, 0.5) is 4.39 Å². The molecule has 7 heteroatoms. The van der Waals surface area contributed by atoms with E-state index in [4.69, 9.17) is 9.15 Å². The van der Waals surface area contributed by atoms with Gasteiger partial charge < -0.3 is 19.4 Å². The number of hydrogen-bond donors (Lipinski definition) is 1. The monoisotopic (exact) mass is 526 g/mol. The van der Waals surface area contributed by atoms with Crippen molar-refractivity contribution in [3.63, 3.8) is 0 Å². The number of halogens is 1. The third-order valence-electron chi connectivity index (χ3n) is 6.87. The van der Waals surface area contributed by atoms with Gasteiger partial charge in [-0.2, -0.15) is 0 Å². The molecule has 0 radical (unpaired) electrons. The number of benzene rings is 3. The number of carbonyl (C=O) groups excluding carboxylic acids is 2. The molecule has 0 saturated heterocycles. The Morgan fingerprint density at radius 3 is 2.54 bits per heavy atom. The van der Waals surface area contributed by atoms with Crippen LogP contribution in [-0.2, 0) is 24.4 Å². The second kappa shape index (κ2) is 11.6. The van der Waals surface area contributed by atoms with Crippen molar-refractivity contribution >= 4 is 11.8 Å². The number of rotatable bonds is 8. The zero-order chi connectivity index (χ0) is 27.4. The maximum absolute atomic E-state index is 13.1. The zero-order valence-electron chi connectivity index (χ0n) is 22.0. The van der Waals surface area contributed by atoms with Gasteiger partial charge in [0.15, 0.2) is 5.76 Å². The molecular formula is C32H31FN2O4. The highest BCUT2D eigenvalue weighted by Gasteiger charge is 2.33. The molecule has 2 heterocycles. The molecule has 4 aromatic rings. The van der Waals surface area contributed by atoms with E-state index >= 15 is 0 Å². The number of fused-ring (bicyclic) bond motifs is 1. The quantitative estimate of drug-likeness (QED) is 0.303. The zero-order valence-corrected chi connectivity index (χ0v) is 22.0. The summed E-state index contributed by atoms with van der Waals surface area (Å²) in [5, 5.41) is 2.77. The normalized spacial score (nSPS) is 14.7. The molecule has 39 heavy (non-hydrogen) atoms. The molecule has 200 valence electrons. The smallest absolute Gasteiger partial charge is 0.287 e. The molecular weight excluding hydrogens is 495 g/mol. The summed E-state index contributed by atoms with van der Waals surface area (Å²) in [6, 6.07) is 25.1. The van der Waals surface area contributed by atoms with Gasteiger partial charge in [-0.15, -0.1) is 0 Å². The van der Waals surface area contributed by atoms with Crippen molar-refractivity contribution in [3.8, 4) is 5.75 Å². The van der Waals surface area contributed by atoms with Gasteiger partial charge in [-0.1, -0.05) is 62.4 Å². The predicted molar refractivity (Wildman–Crippen MR) is 146 cm³/mol. The first-order chi connectivity index (χ1) is 18.9. The molecule has 1 aromatic heterocycles. The Morgan fingerprint density at radius 1 is 1.03 bits per heavy atom. The van der Waals surface area contributed by atoms with Crippen LogP contribution in [0.3, 0.4) is 0 Å². The number of furan rings is 1. The van der Waals surface area contributed by atoms with Crippen LogP contribution < -0.4 is 10.1 Å². The summed E-state index contributed by atoms with van der Waals surface area (Å²) < 4.78 is 24.8. The summed E-state index contributed by atoms with van der Waals surface area (Å²) in [5.74, 6) is 0.688. The number of carbonyl (C=O) groups is 2. The third kappa shape index (κ3) is 6.03. The summed E-state index contributed by atoms with van der Waals surface area (Å²) in [6.45, 7) is 4.94.